The van der Waals surface area contributed by atoms with E-state index in [2.05, 4.69) is 0 Å². The van der Waals surface area contributed by atoms with E-state index in [0.29, 0.717) is 0 Å². The van der Waals surface area contributed by atoms with Crippen LogP contribution in [0.1, 0.15) is 20.8 Å². The average molecular weight is 222 g/mol. The van der Waals surface area contributed by atoms with Crippen molar-refractivity contribution in [1.29, 1.82) is 0 Å². The zero-order chi connectivity index (χ0) is 12.0. The highest BCUT2D eigenvalue weighted by Gasteiger charge is 2.61. The van der Waals surface area contributed by atoms with Gasteiger partial charge in [0, 0.05) is 5.57 Å². The number of carbonyl (C=O) groups is 1. The van der Waals surface area contributed by atoms with Gasteiger partial charge in [0.15, 0.2) is 0 Å². The van der Waals surface area contributed by atoms with Crippen molar-refractivity contribution < 1.29 is 23.1 Å². The van der Waals surface area contributed by atoms with Crippen LogP contribution < -0.4 is 0 Å². The summed E-state index contributed by atoms with van der Waals surface area (Å²) >= 11 is 0. The van der Waals surface area contributed by atoms with Gasteiger partial charge in [0.1, 0.15) is 0 Å². The van der Waals surface area contributed by atoms with Crippen molar-refractivity contribution >= 4 is 5.97 Å². The Balaban J connectivity index is 2.83. The van der Waals surface area contributed by atoms with Crippen LogP contribution in [0.5, 0.6) is 0 Å². The second kappa shape index (κ2) is 3.25. The molecule has 1 aliphatic rings. The maximum absolute atomic E-state index is 12.2. The standard InChI is InChI=1S/C10H13F3O2/c1-5(10(11,12)13)4-6-7(8(14)15)9(6,2)3/h4,6-7H,1-3H3,(H,14,15)/b5-4+. The first-order valence-corrected chi connectivity index (χ1v) is 4.57. The van der Waals surface area contributed by atoms with E-state index < -0.39 is 35.0 Å². The van der Waals surface area contributed by atoms with E-state index in [-0.39, 0.29) is 0 Å². The minimum atomic E-state index is -4.36. The van der Waals surface area contributed by atoms with E-state index in [1.807, 2.05) is 0 Å². The summed E-state index contributed by atoms with van der Waals surface area (Å²) in [5.74, 6) is -2.25. The van der Waals surface area contributed by atoms with E-state index in [1.54, 1.807) is 13.8 Å². The normalized spacial score (nSPS) is 30.1. The van der Waals surface area contributed by atoms with Gasteiger partial charge in [-0.3, -0.25) is 4.79 Å². The SMILES string of the molecule is C/C(=C\C1C(C(=O)O)C1(C)C)C(F)(F)F. The van der Waals surface area contributed by atoms with E-state index in [4.69, 9.17) is 5.11 Å². The molecule has 1 rings (SSSR count). The summed E-state index contributed by atoms with van der Waals surface area (Å²) < 4.78 is 36.6. The minimum absolute atomic E-state index is 0.517. The molecule has 0 aliphatic heterocycles. The lowest BCUT2D eigenvalue weighted by Gasteiger charge is -2.06. The molecular weight excluding hydrogens is 209 g/mol. The second-order valence-electron chi connectivity index (χ2n) is 4.51. The van der Waals surface area contributed by atoms with Crippen LogP contribution in [0.25, 0.3) is 0 Å². The van der Waals surface area contributed by atoms with E-state index >= 15 is 0 Å². The number of rotatable bonds is 2. The third kappa shape index (κ3) is 2.16. The van der Waals surface area contributed by atoms with Crippen LogP contribution in [0.15, 0.2) is 11.6 Å². The summed E-state index contributed by atoms with van der Waals surface area (Å²) in [5.41, 5.74) is -1.29. The lowest BCUT2D eigenvalue weighted by Crippen LogP contribution is -2.09. The zero-order valence-corrected chi connectivity index (χ0v) is 8.72. The Morgan fingerprint density at radius 3 is 2.13 bits per heavy atom. The Morgan fingerprint density at radius 2 is 1.87 bits per heavy atom. The molecule has 5 heteroatoms. The Kier molecular flexibility index (Phi) is 2.62. The number of carboxylic acid groups (broad SMARTS) is 1. The van der Waals surface area contributed by atoms with Gasteiger partial charge in [-0.25, -0.2) is 0 Å². The zero-order valence-electron chi connectivity index (χ0n) is 8.72. The van der Waals surface area contributed by atoms with Gasteiger partial charge >= 0.3 is 12.1 Å². The second-order valence-corrected chi connectivity index (χ2v) is 4.51. The fourth-order valence-corrected chi connectivity index (χ4v) is 1.82. The quantitative estimate of drug-likeness (QED) is 0.729. The summed E-state index contributed by atoms with van der Waals surface area (Å²) in [7, 11) is 0. The van der Waals surface area contributed by atoms with Crippen molar-refractivity contribution in [2.45, 2.75) is 26.9 Å². The van der Waals surface area contributed by atoms with Gasteiger partial charge in [0.2, 0.25) is 0 Å². The maximum Gasteiger partial charge on any atom is 0.412 e. The molecule has 0 aromatic carbocycles. The first kappa shape index (κ1) is 12.1. The van der Waals surface area contributed by atoms with Gasteiger partial charge in [0.25, 0.3) is 0 Å². The number of halogens is 3. The van der Waals surface area contributed by atoms with Crippen molar-refractivity contribution in [1.82, 2.24) is 0 Å². The Hall–Kier alpha value is -1.00. The summed E-state index contributed by atoms with van der Waals surface area (Å²) in [4.78, 5) is 10.7. The van der Waals surface area contributed by atoms with Crippen molar-refractivity contribution in [3.05, 3.63) is 11.6 Å². The van der Waals surface area contributed by atoms with Gasteiger partial charge in [-0.15, -0.1) is 0 Å². The van der Waals surface area contributed by atoms with E-state index in [9.17, 15) is 18.0 Å². The first-order chi connectivity index (χ1) is 6.58. The Labute approximate surface area is 85.8 Å². The predicted octanol–water partition coefficient (Wildman–Crippen LogP) is 2.85. The number of hydrogen-bond acceptors (Lipinski definition) is 1. The Bertz CT molecular complexity index is 315. The van der Waals surface area contributed by atoms with Crippen LogP contribution in [0, 0.1) is 17.3 Å². The van der Waals surface area contributed by atoms with Crippen LogP contribution in [0.3, 0.4) is 0 Å². The molecule has 0 bridgehead atoms. The number of aliphatic carboxylic acids is 1. The molecule has 0 saturated heterocycles. The molecule has 1 saturated carbocycles. The van der Waals surface area contributed by atoms with Gasteiger partial charge < -0.3 is 5.11 Å². The van der Waals surface area contributed by atoms with Crippen LogP contribution in [-0.4, -0.2) is 17.3 Å². The van der Waals surface area contributed by atoms with Crippen LogP contribution >= 0.6 is 0 Å². The molecular formula is C10H13F3O2. The first-order valence-electron chi connectivity index (χ1n) is 4.57. The molecule has 86 valence electrons. The molecule has 1 N–H and O–H groups in total. The molecule has 0 heterocycles. The number of alkyl halides is 3. The van der Waals surface area contributed by atoms with Gasteiger partial charge in [-0.2, -0.15) is 13.2 Å². The largest absolute Gasteiger partial charge is 0.481 e. The number of carboxylic acids is 1. The highest BCUT2D eigenvalue weighted by molar-refractivity contribution is 5.76. The smallest absolute Gasteiger partial charge is 0.412 e. The molecule has 1 aliphatic carbocycles. The molecule has 0 aromatic rings. The van der Waals surface area contributed by atoms with Crippen molar-refractivity contribution in [3.8, 4) is 0 Å². The summed E-state index contributed by atoms with van der Waals surface area (Å²) in [6.45, 7) is 4.29. The third-order valence-electron chi connectivity index (χ3n) is 3.05. The lowest BCUT2D eigenvalue weighted by atomic mass is 10.1. The third-order valence-corrected chi connectivity index (χ3v) is 3.05. The maximum atomic E-state index is 12.2. The van der Waals surface area contributed by atoms with Gasteiger partial charge in [0.05, 0.1) is 5.92 Å². The van der Waals surface area contributed by atoms with Crippen molar-refractivity contribution in [3.63, 3.8) is 0 Å². The Morgan fingerprint density at radius 1 is 1.40 bits per heavy atom. The van der Waals surface area contributed by atoms with Crippen LogP contribution in [0.4, 0.5) is 13.2 Å². The van der Waals surface area contributed by atoms with Gasteiger partial charge in [-0.1, -0.05) is 19.9 Å². The highest BCUT2D eigenvalue weighted by Crippen LogP contribution is 2.59. The highest BCUT2D eigenvalue weighted by atomic mass is 19.4. The number of allylic oxidation sites excluding steroid dienone is 2. The van der Waals surface area contributed by atoms with Crippen LogP contribution in [-0.2, 0) is 4.79 Å². The lowest BCUT2D eigenvalue weighted by molar-refractivity contribution is -0.139. The topological polar surface area (TPSA) is 37.3 Å². The molecule has 0 spiro atoms. The monoisotopic (exact) mass is 222 g/mol. The van der Waals surface area contributed by atoms with Crippen molar-refractivity contribution in [2.24, 2.45) is 17.3 Å². The molecule has 0 amide bonds. The molecule has 2 unspecified atom stereocenters. The predicted molar refractivity (Wildman–Crippen MR) is 48.2 cm³/mol. The average Bonchev–Trinajstić information content (AvgIpc) is 2.50. The molecule has 0 radical (unpaired) electrons. The van der Waals surface area contributed by atoms with E-state index in [0.717, 1.165) is 13.0 Å². The summed E-state index contributed by atoms with van der Waals surface area (Å²) in [5, 5.41) is 8.76. The molecule has 2 atom stereocenters. The fraction of sp³-hybridized carbons (Fsp3) is 0.700. The minimum Gasteiger partial charge on any atom is -0.481 e. The summed E-state index contributed by atoms with van der Waals surface area (Å²) in [6, 6.07) is 0. The molecule has 1 fully saturated rings. The van der Waals surface area contributed by atoms with Crippen LogP contribution in [0.2, 0.25) is 0 Å². The molecule has 15 heavy (non-hydrogen) atoms. The summed E-state index contributed by atoms with van der Waals surface area (Å²) in [6.07, 6.45) is -3.33. The number of hydrogen-bond donors (Lipinski definition) is 1. The van der Waals surface area contributed by atoms with Gasteiger partial charge in [-0.05, 0) is 18.3 Å². The molecule has 2 nitrogen and oxygen atoms in total. The van der Waals surface area contributed by atoms with E-state index in [1.165, 1.54) is 0 Å². The molecule has 0 aromatic heterocycles. The fourth-order valence-electron chi connectivity index (χ4n) is 1.82. The van der Waals surface area contributed by atoms with Crippen molar-refractivity contribution in [2.75, 3.05) is 0 Å².